The van der Waals surface area contributed by atoms with Crippen molar-refractivity contribution in [2.24, 2.45) is 0 Å². The number of hydrogen-bond donors (Lipinski definition) is 2. The number of aromatic nitrogens is 3. The Balaban J connectivity index is 1.52. The summed E-state index contributed by atoms with van der Waals surface area (Å²) in [4.78, 5) is 4.68. The molecule has 0 unspecified atom stereocenters. The van der Waals surface area contributed by atoms with Crippen molar-refractivity contribution in [3.63, 3.8) is 0 Å². The zero-order valence-corrected chi connectivity index (χ0v) is 12.7. The summed E-state index contributed by atoms with van der Waals surface area (Å²) in [6, 6.07) is 8.36. The second-order valence-corrected chi connectivity index (χ2v) is 5.97. The van der Waals surface area contributed by atoms with E-state index < -0.39 is 0 Å². The molecule has 112 valence electrons. The number of benzene rings is 1. The van der Waals surface area contributed by atoms with Crippen molar-refractivity contribution in [2.75, 3.05) is 11.9 Å². The van der Waals surface area contributed by atoms with Crippen LogP contribution in [0, 0.1) is 6.92 Å². The SMILES string of the molecule is Cc1ccccc1NCCc1nc(C2CCCCC2)n[nH]1. The first-order valence-electron chi connectivity index (χ1n) is 8.03. The minimum atomic E-state index is 0.577. The van der Waals surface area contributed by atoms with Crippen LogP contribution in [0.25, 0.3) is 0 Å². The molecule has 0 saturated heterocycles. The molecule has 1 fully saturated rings. The number of aromatic amines is 1. The van der Waals surface area contributed by atoms with E-state index in [0.717, 1.165) is 24.6 Å². The average molecular weight is 284 g/mol. The molecule has 1 aromatic carbocycles. The molecule has 1 aliphatic rings. The monoisotopic (exact) mass is 284 g/mol. The van der Waals surface area contributed by atoms with Gasteiger partial charge in [-0.05, 0) is 31.4 Å². The van der Waals surface area contributed by atoms with E-state index in [2.05, 4.69) is 51.7 Å². The second-order valence-electron chi connectivity index (χ2n) is 5.97. The molecule has 0 amide bonds. The molecular weight excluding hydrogens is 260 g/mol. The molecule has 1 saturated carbocycles. The number of nitrogens with one attached hydrogen (secondary N) is 2. The van der Waals surface area contributed by atoms with Crippen LogP contribution in [-0.2, 0) is 6.42 Å². The smallest absolute Gasteiger partial charge is 0.153 e. The summed E-state index contributed by atoms with van der Waals surface area (Å²) in [5.74, 6) is 2.60. The molecule has 1 aromatic heterocycles. The van der Waals surface area contributed by atoms with Gasteiger partial charge >= 0.3 is 0 Å². The molecule has 4 nitrogen and oxygen atoms in total. The van der Waals surface area contributed by atoms with Crippen LogP contribution in [0.1, 0.15) is 55.2 Å². The van der Waals surface area contributed by atoms with E-state index >= 15 is 0 Å². The van der Waals surface area contributed by atoms with Crippen LogP contribution < -0.4 is 5.32 Å². The molecule has 0 aliphatic heterocycles. The van der Waals surface area contributed by atoms with E-state index in [4.69, 9.17) is 0 Å². The van der Waals surface area contributed by atoms with Crippen molar-refractivity contribution < 1.29 is 0 Å². The number of nitrogens with zero attached hydrogens (tertiary/aromatic N) is 2. The standard InChI is InChI=1S/C17H24N4/c1-13-7-5-6-10-15(13)18-12-11-16-19-17(21-20-16)14-8-3-2-4-9-14/h5-7,10,14,18H,2-4,8-9,11-12H2,1H3,(H,19,20,21). The minimum Gasteiger partial charge on any atom is -0.384 e. The fraction of sp³-hybridized carbons (Fsp3) is 0.529. The fourth-order valence-electron chi connectivity index (χ4n) is 3.05. The summed E-state index contributed by atoms with van der Waals surface area (Å²) in [7, 11) is 0. The van der Waals surface area contributed by atoms with Crippen LogP contribution in [0.5, 0.6) is 0 Å². The van der Waals surface area contributed by atoms with Gasteiger partial charge in [0.05, 0.1) is 0 Å². The number of para-hydroxylation sites is 1. The van der Waals surface area contributed by atoms with E-state index in [0.29, 0.717) is 5.92 Å². The molecule has 1 aliphatic carbocycles. The van der Waals surface area contributed by atoms with Gasteiger partial charge in [0.25, 0.3) is 0 Å². The summed E-state index contributed by atoms with van der Waals surface area (Å²) in [5, 5.41) is 11.0. The highest BCUT2D eigenvalue weighted by Gasteiger charge is 2.19. The third kappa shape index (κ3) is 3.63. The predicted octanol–water partition coefficient (Wildman–Crippen LogP) is 3.82. The molecule has 21 heavy (non-hydrogen) atoms. The number of anilines is 1. The van der Waals surface area contributed by atoms with Gasteiger partial charge in [-0.25, -0.2) is 4.98 Å². The van der Waals surface area contributed by atoms with Crippen molar-refractivity contribution >= 4 is 5.69 Å². The summed E-state index contributed by atoms with van der Waals surface area (Å²) < 4.78 is 0. The maximum absolute atomic E-state index is 4.68. The van der Waals surface area contributed by atoms with Crippen molar-refractivity contribution in [1.29, 1.82) is 0 Å². The lowest BCUT2D eigenvalue weighted by Gasteiger charge is -2.18. The van der Waals surface area contributed by atoms with Gasteiger partial charge in [-0.2, -0.15) is 5.10 Å². The topological polar surface area (TPSA) is 53.6 Å². The first-order valence-corrected chi connectivity index (χ1v) is 8.03. The first-order chi connectivity index (χ1) is 10.3. The Morgan fingerprint density at radius 2 is 2.00 bits per heavy atom. The third-order valence-electron chi connectivity index (χ3n) is 4.34. The molecule has 3 rings (SSSR count). The largest absolute Gasteiger partial charge is 0.384 e. The van der Waals surface area contributed by atoms with Crippen molar-refractivity contribution in [3.8, 4) is 0 Å². The average Bonchev–Trinajstić information content (AvgIpc) is 2.99. The van der Waals surface area contributed by atoms with Crippen LogP contribution in [0.2, 0.25) is 0 Å². The van der Waals surface area contributed by atoms with Crippen LogP contribution in [0.4, 0.5) is 5.69 Å². The van der Waals surface area contributed by atoms with Crippen LogP contribution in [0.3, 0.4) is 0 Å². The van der Waals surface area contributed by atoms with Gasteiger partial charge in [0.2, 0.25) is 0 Å². The van der Waals surface area contributed by atoms with E-state index in [-0.39, 0.29) is 0 Å². The summed E-state index contributed by atoms with van der Waals surface area (Å²) in [5.41, 5.74) is 2.47. The van der Waals surface area contributed by atoms with Gasteiger partial charge in [-0.3, -0.25) is 5.10 Å². The lowest BCUT2D eigenvalue weighted by molar-refractivity contribution is 0.429. The second kappa shape index (κ2) is 6.74. The Hall–Kier alpha value is -1.84. The Bertz CT molecular complexity index is 570. The van der Waals surface area contributed by atoms with Crippen LogP contribution in [-0.4, -0.2) is 21.7 Å². The fourth-order valence-corrected chi connectivity index (χ4v) is 3.05. The predicted molar refractivity (Wildman–Crippen MR) is 85.6 cm³/mol. The molecule has 0 atom stereocenters. The molecule has 0 spiro atoms. The van der Waals surface area contributed by atoms with Crippen molar-refractivity contribution in [3.05, 3.63) is 41.5 Å². The zero-order valence-electron chi connectivity index (χ0n) is 12.7. The lowest BCUT2D eigenvalue weighted by atomic mass is 9.89. The number of hydrogen-bond acceptors (Lipinski definition) is 3. The van der Waals surface area contributed by atoms with E-state index in [9.17, 15) is 0 Å². The molecule has 2 N–H and O–H groups in total. The maximum Gasteiger partial charge on any atom is 0.153 e. The van der Waals surface area contributed by atoms with Gasteiger partial charge in [0.15, 0.2) is 5.82 Å². The highest BCUT2D eigenvalue weighted by molar-refractivity contribution is 5.50. The summed E-state index contributed by atoms with van der Waals surface area (Å²) in [6.07, 6.45) is 7.40. The van der Waals surface area contributed by atoms with Crippen LogP contribution >= 0.6 is 0 Å². The number of H-pyrrole nitrogens is 1. The van der Waals surface area contributed by atoms with Crippen molar-refractivity contribution in [1.82, 2.24) is 15.2 Å². The molecule has 1 heterocycles. The molecule has 0 radical (unpaired) electrons. The first kappa shape index (κ1) is 14.1. The van der Waals surface area contributed by atoms with Gasteiger partial charge in [0.1, 0.15) is 5.82 Å². The minimum absolute atomic E-state index is 0.577. The molecule has 2 aromatic rings. The van der Waals surface area contributed by atoms with Crippen molar-refractivity contribution in [2.45, 2.75) is 51.4 Å². The van der Waals surface area contributed by atoms with E-state index in [1.165, 1.54) is 43.4 Å². The normalized spacial score (nSPS) is 16.0. The van der Waals surface area contributed by atoms with Gasteiger partial charge in [-0.15, -0.1) is 0 Å². The zero-order chi connectivity index (χ0) is 14.5. The Kier molecular flexibility index (Phi) is 4.53. The van der Waals surface area contributed by atoms with Crippen LogP contribution in [0.15, 0.2) is 24.3 Å². The molecule has 4 heteroatoms. The van der Waals surface area contributed by atoms with Gasteiger partial charge in [-0.1, -0.05) is 37.5 Å². The number of aryl methyl sites for hydroxylation is 1. The highest BCUT2D eigenvalue weighted by atomic mass is 15.2. The van der Waals surface area contributed by atoms with Gasteiger partial charge in [0, 0.05) is 24.6 Å². The summed E-state index contributed by atoms with van der Waals surface area (Å²) in [6.45, 7) is 3.00. The quantitative estimate of drug-likeness (QED) is 0.877. The number of rotatable bonds is 5. The highest BCUT2D eigenvalue weighted by Crippen LogP contribution is 2.30. The summed E-state index contributed by atoms with van der Waals surface area (Å²) >= 11 is 0. The van der Waals surface area contributed by atoms with E-state index in [1.807, 2.05) is 0 Å². The third-order valence-corrected chi connectivity index (χ3v) is 4.34. The van der Waals surface area contributed by atoms with Gasteiger partial charge < -0.3 is 5.32 Å². The lowest BCUT2D eigenvalue weighted by Crippen LogP contribution is -2.08. The Labute approximate surface area is 126 Å². The maximum atomic E-state index is 4.68. The Morgan fingerprint density at radius 3 is 2.81 bits per heavy atom. The van der Waals surface area contributed by atoms with E-state index in [1.54, 1.807) is 0 Å². The Morgan fingerprint density at radius 1 is 1.19 bits per heavy atom. The molecular formula is C17H24N4. The molecule has 0 bridgehead atoms.